The zero-order valence-electron chi connectivity index (χ0n) is 15.2. The average Bonchev–Trinajstić information content (AvgIpc) is 3.19. The minimum atomic E-state index is -0.236. The number of likely N-dealkylation sites (tertiary alicyclic amines) is 1. The van der Waals surface area contributed by atoms with E-state index in [1.54, 1.807) is 0 Å². The molecule has 2 aliphatic rings. The maximum Gasteiger partial charge on any atom is 0.222 e. The summed E-state index contributed by atoms with van der Waals surface area (Å²) in [4.78, 5) is 14.3. The van der Waals surface area contributed by atoms with Crippen molar-refractivity contribution in [1.82, 2.24) is 14.7 Å². The van der Waals surface area contributed by atoms with Gasteiger partial charge in [-0.15, -0.1) is 0 Å². The normalized spacial score (nSPS) is 22.6. The summed E-state index contributed by atoms with van der Waals surface area (Å²) in [5.41, 5.74) is 10.3. The van der Waals surface area contributed by atoms with Gasteiger partial charge in [-0.2, -0.15) is 5.10 Å². The molecule has 0 unspecified atom stereocenters. The molecule has 4 rings (SSSR count). The minimum Gasteiger partial charge on any atom is -0.489 e. The molecule has 1 fully saturated rings. The lowest BCUT2D eigenvalue weighted by Crippen LogP contribution is -2.30. The van der Waals surface area contributed by atoms with Gasteiger partial charge in [0.15, 0.2) is 0 Å². The van der Waals surface area contributed by atoms with E-state index in [0.29, 0.717) is 13.2 Å². The molecule has 0 radical (unpaired) electrons. The number of hydrogen-bond acceptors (Lipinski definition) is 4. The summed E-state index contributed by atoms with van der Waals surface area (Å²) in [5.74, 6) is 0.602. The Morgan fingerprint density at radius 1 is 1.35 bits per heavy atom. The standard InChI is InChI=1S/C20H24N4O2/c1-13-16(8-22-23(13)2)17-10-24(11-18(17)20(21)25)9-14-7-15-5-3-4-6-19(15)26-12-14/h3-8,17-18H,9-12H2,1-2H3,(H2,21,25)/t17-,18+/m1/s1. The summed E-state index contributed by atoms with van der Waals surface area (Å²) in [5, 5.41) is 4.33. The molecule has 2 N–H and O–H groups in total. The van der Waals surface area contributed by atoms with Crippen LogP contribution in [0.4, 0.5) is 0 Å². The van der Waals surface area contributed by atoms with Gasteiger partial charge in [-0.05, 0) is 30.2 Å². The van der Waals surface area contributed by atoms with Crippen LogP contribution in [0.1, 0.15) is 22.7 Å². The van der Waals surface area contributed by atoms with Crippen molar-refractivity contribution in [2.45, 2.75) is 12.8 Å². The number of fused-ring (bicyclic) bond motifs is 1. The summed E-state index contributed by atoms with van der Waals surface area (Å²) >= 11 is 0. The van der Waals surface area contributed by atoms with Crippen molar-refractivity contribution in [3.8, 4) is 5.75 Å². The molecule has 1 aromatic carbocycles. The summed E-state index contributed by atoms with van der Waals surface area (Å²) < 4.78 is 7.71. The predicted molar refractivity (Wildman–Crippen MR) is 99.7 cm³/mol. The van der Waals surface area contributed by atoms with Gasteiger partial charge in [0.25, 0.3) is 0 Å². The third-order valence-corrected chi connectivity index (χ3v) is 5.55. The van der Waals surface area contributed by atoms with E-state index >= 15 is 0 Å². The Kier molecular flexibility index (Phi) is 4.28. The number of aromatic nitrogens is 2. The smallest absolute Gasteiger partial charge is 0.222 e. The first-order valence-corrected chi connectivity index (χ1v) is 8.94. The average molecular weight is 352 g/mol. The number of para-hydroxylation sites is 1. The van der Waals surface area contributed by atoms with Gasteiger partial charge in [0.2, 0.25) is 5.91 Å². The van der Waals surface area contributed by atoms with Crippen LogP contribution >= 0.6 is 0 Å². The van der Waals surface area contributed by atoms with Gasteiger partial charge in [-0.3, -0.25) is 14.4 Å². The zero-order chi connectivity index (χ0) is 18.3. The van der Waals surface area contributed by atoms with Crippen molar-refractivity contribution in [2.75, 3.05) is 26.2 Å². The molecule has 3 heterocycles. The van der Waals surface area contributed by atoms with Crippen LogP contribution in [0.3, 0.4) is 0 Å². The monoisotopic (exact) mass is 352 g/mol. The Morgan fingerprint density at radius 2 is 2.15 bits per heavy atom. The highest BCUT2D eigenvalue weighted by Gasteiger charge is 2.39. The lowest BCUT2D eigenvalue weighted by molar-refractivity contribution is -0.121. The van der Waals surface area contributed by atoms with Gasteiger partial charge in [0.1, 0.15) is 12.4 Å². The molecular formula is C20H24N4O2. The van der Waals surface area contributed by atoms with Gasteiger partial charge < -0.3 is 10.5 Å². The second kappa shape index (κ2) is 6.61. The first-order chi connectivity index (χ1) is 12.5. The van der Waals surface area contributed by atoms with Gasteiger partial charge >= 0.3 is 0 Å². The number of nitrogens with zero attached hydrogens (tertiary/aromatic N) is 3. The van der Waals surface area contributed by atoms with E-state index in [2.05, 4.69) is 22.1 Å². The van der Waals surface area contributed by atoms with Gasteiger partial charge in [0.05, 0.1) is 12.1 Å². The Hall–Kier alpha value is -2.60. The molecule has 26 heavy (non-hydrogen) atoms. The van der Waals surface area contributed by atoms with Gasteiger partial charge in [-0.25, -0.2) is 0 Å². The molecule has 1 aromatic heterocycles. The lowest BCUT2D eigenvalue weighted by atomic mass is 9.89. The van der Waals surface area contributed by atoms with Crippen LogP contribution in [0.25, 0.3) is 6.08 Å². The van der Waals surface area contributed by atoms with E-state index in [1.165, 1.54) is 5.57 Å². The second-order valence-corrected chi connectivity index (χ2v) is 7.25. The van der Waals surface area contributed by atoms with E-state index < -0.39 is 0 Å². The molecular weight excluding hydrogens is 328 g/mol. The van der Waals surface area contributed by atoms with Crippen molar-refractivity contribution in [3.63, 3.8) is 0 Å². The number of nitrogens with two attached hydrogens (primary N) is 1. The summed E-state index contributed by atoms with van der Waals surface area (Å²) in [6.45, 7) is 4.89. The van der Waals surface area contributed by atoms with Gasteiger partial charge in [0, 0.05) is 43.9 Å². The third-order valence-electron chi connectivity index (χ3n) is 5.55. The minimum absolute atomic E-state index is 0.0959. The van der Waals surface area contributed by atoms with Crippen LogP contribution in [0, 0.1) is 12.8 Å². The molecule has 0 spiro atoms. The quantitative estimate of drug-likeness (QED) is 0.909. The Labute approximate surface area is 153 Å². The fourth-order valence-corrected chi connectivity index (χ4v) is 4.04. The number of benzene rings is 1. The van der Waals surface area contributed by atoms with E-state index in [-0.39, 0.29) is 17.7 Å². The molecule has 6 heteroatoms. The highest BCUT2D eigenvalue weighted by Crippen LogP contribution is 2.35. The van der Waals surface area contributed by atoms with Crippen LogP contribution in [-0.4, -0.2) is 46.8 Å². The molecule has 2 aromatic rings. The molecule has 2 aliphatic heterocycles. The highest BCUT2D eigenvalue weighted by molar-refractivity contribution is 5.78. The Balaban J connectivity index is 1.53. The highest BCUT2D eigenvalue weighted by atomic mass is 16.5. The van der Waals surface area contributed by atoms with E-state index in [0.717, 1.165) is 35.7 Å². The number of primary amides is 1. The predicted octanol–water partition coefficient (Wildman–Crippen LogP) is 1.71. The van der Waals surface area contributed by atoms with Crippen LogP contribution < -0.4 is 10.5 Å². The molecule has 136 valence electrons. The number of hydrogen-bond donors (Lipinski definition) is 1. The molecule has 1 saturated heterocycles. The first-order valence-electron chi connectivity index (χ1n) is 8.94. The third kappa shape index (κ3) is 3.01. The van der Waals surface area contributed by atoms with Crippen LogP contribution in [0.5, 0.6) is 5.75 Å². The SMILES string of the molecule is Cc1c([C@H]2CN(CC3=Cc4ccccc4OC3)C[C@@H]2C(N)=O)cnn1C. The van der Waals surface area contributed by atoms with E-state index in [4.69, 9.17) is 10.5 Å². The summed E-state index contributed by atoms with van der Waals surface area (Å²) in [6.07, 6.45) is 4.07. The Bertz CT molecular complexity index is 870. The molecule has 0 saturated carbocycles. The van der Waals surface area contributed by atoms with E-state index in [1.807, 2.05) is 43.0 Å². The maximum absolute atomic E-state index is 12.0. The lowest BCUT2D eigenvalue weighted by Gasteiger charge is -2.22. The fourth-order valence-electron chi connectivity index (χ4n) is 4.04. The van der Waals surface area contributed by atoms with Crippen molar-refractivity contribution in [3.05, 3.63) is 52.9 Å². The summed E-state index contributed by atoms with van der Waals surface area (Å²) in [6, 6.07) is 8.05. The maximum atomic E-state index is 12.0. The van der Waals surface area contributed by atoms with E-state index in [9.17, 15) is 4.79 Å². The van der Waals surface area contributed by atoms with Gasteiger partial charge in [-0.1, -0.05) is 18.2 Å². The number of carbonyl (C=O) groups excluding carboxylic acids is 1. The number of aryl methyl sites for hydroxylation is 1. The molecule has 1 amide bonds. The number of rotatable bonds is 4. The number of ether oxygens (including phenoxy) is 1. The largest absolute Gasteiger partial charge is 0.489 e. The van der Waals surface area contributed by atoms with Crippen molar-refractivity contribution < 1.29 is 9.53 Å². The number of carbonyl (C=O) groups is 1. The van der Waals surface area contributed by atoms with Crippen LogP contribution in [-0.2, 0) is 11.8 Å². The fraction of sp³-hybridized carbons (Fsp3) is 0.400. The molecule has 0 bridgehead atoms. The summed E-state index contributed by atoms with van der Waals surface area (Å²) in [7, 11) is 1.92. The van der Waals surface area contributed by atoms with Crippen LogP contribution in [0.15, 0.2) is 36.0 Å². The second-order valence-electron chi connectivity index (χ2n) is 7.25. The molecule has 0 aliphatic carbocycles. The number of amides is 1. The topological polar surface area (TPSA) is 73.4 Å². The first kappa shape index (κ1) is 16.8. The molecule has 2 atom stereocenters. The Morgan fingerprint density at radius 3 is 2.88 bits per heavy atom. The molecule has 6 nitrogen and oxygen atoms in total. The van der Waals surface area contributed by atoms with Crippen molar-refractivity contribution >= 4 is 12.0 Å². The van der Waals surface area contributed by atoms with Crippen LogP contribution in [0.2, 0.25) is 0 Å². The van der Waals surface area contributed by atoms with Crippen molar-refractivity contribution in [2.24, 2.45) is 18.7 Å². The zero-order valence-corrected chi connectivity index (χ0v) is 15.2. The van der Waals surface area contributed by atoms with Crippen molar-refractivity contribution in [1.29, 1.82) is 0 Å².